The van der Waals surface area contributed by atoms with E-state index in [1.807, 2.05) is 0 Å². The van der Waals surface area contributed by atoms with E-state index in [2.05, 4.69) is 10.3 Å². The fourth-order valence-corrected chi connectivity index (χ4v) is 2.95. The molecule has 0 atom stereocenters. The molecule has 0 radical (unpaired) electrons. The van der Waals surface area contributed by atoms with Crippen LogP contribution >= 0.6 is 0 Å². The van der Waals surface area contributed by atoms with Gasteiger partial charge in [0.25, 0.3) is 11.6 Å². The van der Waals surface area contributed by atoms with Crippen molar-refractivity contribution >= 4 is 11.6 Å². The predicted octanol–water partition coefficient (Wildman–Crippen LogP) is 2.33. The predicted molar refractivity (Wildman–Crippen MR) is 103 cm³/mol. The average Bonchev–Trinajstić information content (AvgIpc) is 2.99. The normalized spacial score (nSPS) is 10.8. The third-order valence-corrected chi connectivity index (χ3v) is 4.54. The fraction of sp³-hybridized carbons (Fsp3) is 0.263. The number of amides is 1. The van der Waals surface area contributed by atoms with Crippen LogP contribution in [0.4, 0.5) is 5.69 Å². The number of para-hydroxylation sites is 2. The Morgan fingerprint density at radius 1 is 1.28 bits per heavy atom. The zero-order valence-corrected chi connectivity index (χ0v) is 16.4. The molecule has 1 aromatic carbocycles. The first kappa shape index (κ1) is 19.9. The summed E-state index contributed by atoms with van der Waals surface area (Å²) in [6, 6.07) is 7.22. The van der Waals surface area contributed by atoms with Gasteiger partial charge in [-0.3, -0.25) is 19.7 Å². The molecule has 1 amide bonds. The largest absolute Gasteiger partial charge is 0.361 e. The van der Waals surface area contributed by atoms with E-state index in [0.29, 0.717) is 17.1 Å². The Bertz CT molecular complexity index is 1140. The van der Waals surface area contributed by atoms with Gasteiger partial charge in [-0.05, 0) is 26.8 Å². The number of carbonyl (C=O) groups is 1. The van der Waals surface area contributed by atoms with Crippen LogP contribution < -0.4 is 5.43 Å². The van der Waals surface area contributed by atoms with Crippen molar-refractivity contribution in [3.8, 4) is 5.69 Å². The van der Waals surface area contributed by atoms with Gasteiger partial charge in [-0.15, -0.1) is 0 Å². The summed E-state index contributed by atoms with van der Waals surface area (Å²) < 4.78 is 6.33. The summed E-state index contributed by atoms with van der Waals surface area (Å²) in [4.78, 5) is 37.5. The van der Waals surface area contributed by atoms with Gasteiger partial charge in [0, 0.05) is 30.4 Å². The van der Waals surface area contributed by atoms with Crippen LogP contribution in [0.5, 0.6) is 0 Å². The number of benzene rings is 1. The smallest absolute Gasteiger partial charge is 0.294 e. The van der Waals surface area contributed by atoms with Gasteiger partial charge in [-0.2, -0.15) is 5.10 Å². The number of hydrogen-bond acceptors (Lipinski definition) is 7. The van der Waals surface area contributed by atoms with Gasteiger partial charge in [-0.1, -0.05) is 17.3 Å². The number of hydrogen-bond donors (Lipinski definition) is 0. The zero-order chi connectivity index (χ0) is 21.3. The van der Waals surface area contributed by atoms with E-state index in [0.717, 1.165) is 5.56 Å². The molecule has 0 saturated heterocycles. The lowest BCUT2D eigenvalue weighted by Crippen LogP contribution is -2.33. The van der Waals surface area contributed by atoms with E-state index in [1.165, 1.54) is 40.9 Å². The molecule has 0 bridgehead atoms. The molecule has 0 aliphatic rings. The average molecular weight is 397 g/mol. The summed E-state index contributed by atoms with van der Waals surface area (Å²) in [5.41, 5.74) is 0.847. The van der Waals surface area contributed by atoms with Crippen molar-refractivity contribution in [1.29, 1.82) is 0 Å². The Hall–Kier alpha value is -3.82. The quantitative estimate of drug-likeness (QED) is 0.478. The standard InChI is InChI=1S/C19H19N5O5/c1-11-9-17(25)18(19(26)22(4)10-14-12(2)21-29-13(14)3)20-23(11)15-7-5-6-8-16(15)24(27)28/h5-9H,10H2,1-4H3. The lowest BCUT2D eigenvalue weighted by Gasteiger charge is -2.17. The second-order valence-corrected chi connectivity index (χ2v) is 6.62. The van der Waals surface area contributed by atoms with E-state index in [-0.39, 0.29) is 23.6 Å². The number of nitro benzene ring substituents is 1. The number of carbonyl (C=O) groups excluding carboxylic acids is 1. The Morgan fingerprint density at radius 2 is 1.97 bits per heavy atom. The Balaban J connectivity index is 2.03. The summed E-state index contributed by atoms with van der Waals surface area (Å²) >= 11 is 0. The molecule has 10 heteroatoms. The number of nitrogens with zero attached hydrogens (tertiary/aromatic N) is 5. The monoisotopic (exact) mass is 397 g/mol. The van der Waals surface area contributed by atoms with Gasteiger partial charge in [0.15, 0.2) is 5.69 Å². The number of aromatic nitrogens is 3. The molecule has 0 aliphatic carbocycles. The highest BCUT2D eigenvalue weighted by Gasteiger charge is 2.23. The lowest BCUT2D eigenvalue weighted by atomic mass is 10.2. The lowest BCUT2D eigenvalue weighted by molar-refractivity contribution is -0.384. The van der Waals surface area contributed by atoms with Crippen molar-refractivity contribution in [2.75, 3.05) is 7.05 Å². The molecule has 10 nitrogen and oxygen atoms in total. The molecular formula is C19H19N5O5. The highest BCUT2D eigenvalue weighted by atomic mass is 16.6. The molecular weight excluding hydrogens is 378 g/mol. The molecule has 2 aromatic heterocycles. The molecule has 29 heavy (non-hydrogen) atoms. The third kappa shape index (κ3) is 3.77. The minimum Gasteiger partial charge on any atom is -0.361 e. The van der Waals surface area contributed by atoms with E-state index >= 15 is 0 Å². The van der Waals surface area contributed by atoms with Crippen LogP contribution in [0.1, 0.15) is 33.2 Å². The van der Waals surface area contributed by atoms with Crippen molar-refractivity contribution in [1.82, 2.24) is 19.8 Å². The van der Waals surface area contributed by atoms with E-state index in [9.17, 15) is 19.7 Å². The zero-order valence-electron chi connectivity index (χ0n) is 16.4. The van der Waals surface area contributed by atoms with Crippen LogP contribution in [0.2, 0.25) is 0 Å². The first-order chi connectivity index (χ1) is 13.7. The minimum atomic E-state index is -0.609. The highest BCUT2D eigenvalue weighted by Crippen LogP contribution is 2.22. The number of aryl methyl sites for hydroxylation is 3. The molecule has 0 spiro atoms. The van der Waals surface area contributed by atoms with Crippen molar-refractivity contribution < 1.29 is 14.2 Å². The van der Waals surface area contributed by atoms with Gasteiger partial charge in [0.05, 0.1) is 17.2 Å². The third-order valence-electron chi connectivity index (χ3n) is 4.54. The second kappa shape index (κ2) is 7.66. The maximum atomic E-state index is 12.9. The fourth-order valence-electron chi connectivity index (χ4n) is 2.95. The maximum Gasteiger partial charge on any atom is 0.294 e. The summed E-state index contributed by atoms with van der Waals surface area (Å²) in [6.07, 6.45) is 0. The van der Waals surface area contributed by atoms with Crippen LogP contribution in [0.25, 0.3) is 5.69 Å². The first-order valence-electron chi connectivity index (χ1n) is 8.72. The molecule has 0 fully saturated rings. The van der Waals surface area contributed by atoms with Gasteiger partial charge in [0.2, 0.25) is 5.43 Å². The minimum absolute atomic E-state index is 0.164. The first-order valence-corrected chi connectivity index (χ1v) is 8.72. The van der Waals surface area contributed by atoms with Gasteiger partial charge in [0.1, 0.15) is 11.4 Å². The van der Waals surface area contributed by atoms with Crippen molar-refractivity contribution in [3.05, 3.63) is 79.1 Å². The number of nitro groups is 1. The summed E-state index contributed by atoms with van der Waals surface area (Å²) in [7, 11) is 1.53. The van der Waals surface area contributed by atoms with Crippen LogP contribution in [-0.2, 0) is 6.54 Å². The molecule has 3 rings (SSSR count). The second-order valence-electron chi connectivity index (χ2n) is 6.62. The molecule has 0 N–H and O–H groups in total. The highest BCUT2D eigenvalue weighted by molar-refractivity contribution is 5.92. The van der Waals surface area contributed by atoms with Gasteiger partial charge < -0.3 is 9.42 Å². The van der Waals surface area contributed by atoms with Crippen molar-refractivity contribution in [2.45, 2.75) is 27.3 Å². The SMILES string of the molecule is Cc1noc(C)c1CN(C)C(=O)c1nn(-c2ccccc2[N+](=O)[O-])c(C)cc1=O. The van der Waals surface area contributed by atoms with Crippen LogP contribution in [0.3, 0.4) is 0 Å². The van der Waals surface area contributed by atoms with E-state index < -0.39 is 16.3 Å². The van der Waals surface area contributed by atoms with E-state index in [1.54, 1.807) is 26.8 Å². The summed E-state index contributed by atoms with van der Waals surface area (Å²) in [5, 5.41) is 19.4. The van der Waals surface area contributed by atoms with Crippen molar-refractivity contribution in [3.63, 3.8) is 0 Å². The maximum absolute atomic E-state index is 12.9. The summed E-state index contributed by atoms with van der Waals surface area (Å²) in [5.74, 6) is -0.0290. The van der Waals surface area contributed by atoms with Gasteiger partial charge >= 0.3 is 0 Å². The van der Waals surface area contributed by atoms with Crippen molar-refractivity contribution in [2.24, 2.45) is 0 Å². The molecule has 150 valence electrons. The molecule has 0 aliphatic heterocycles. The molecule has 0 unspecified atom stereocenters. The summed E-state index contributed by atoms with van der Waals surface area (Å²) in [6.45, 7) is 5.27. The molecule has 3 aromatic rings. The Labute approximate surface area is 165 Å². The molecule has 2 heterocycles. The van der Waals surface area contributed by atoms with Crippen LogP contribution in [-0.4, -0.2) is 37.7 Å². The van der Waals surface area contributed by atoms with Crippen LogP contribution in [0.15, 0.2) is 39.6 Å². The Morgan fingerprint density at radius 3 is 2.59 bits per heavy atom. The van der Waals surface area contributed by atoms with Gasteiger partial charge in [-0.25, -0.2) is 4.68 Å². The number of rotatable bonds is 5. The Kier molecular flexibility index (Phi) is 5.26. The molecule has 0 saturated carbocycles. The van der Waals surface area contributed by atoms with E-state index in [4.69, 9.17) is 4.52 Å². The van der Waals surface area contributed by atoms with Crippen LogP contribution in [0, 0.1) is 30.9 Å². The topological polar surface area (TPSA) is 124 Å².